The minimum absolute atomic E-state index is 0.00241. The van der Waals surface area contributed by atoms with Crippen LogP contribution in [0.15, 0.2) is 24.3 Å². The molecule has 94 valence electrons. The maximum atomic E-state index is 12.2. The highest BCUT2D eigenvalue weighted by Crippen LogP contribution is 2.21. The second kappa shape index (κ2) is 4.46. The highest BCUT2D eigenvalue weighted by atomic mass is 16.2. The Balaban J connectivity index is 1.88. The van der Waals surface area contributed by atoms with Crippen molar-refractivity contribution in [3.05, 3.63) is 35.5 Å². The van der Waals surface area contributed by atoms with E-state index >= 15 is 0 Å². The fourth-order valence-electron chi connectivity index (χ4n) is 2.54. The maximum absolute atomic E-state index is 12.2. The lowest BCUT2D eigenvalue weighted by Gasteiger charge is -2.10. The van der Waals surface area contributed by atoms with Crippen molar-refractivity contribution in [2.24, 2.45) is 0 Å². The number of aromatic nitrogens is 1. The molecule has 3 N–H and O–H groups in total. The van der Waals surface area contributed by atoms with Crippen LogP contribution in [0.25, 0.3) is 10.9 Å². The van der Waals surface area contributed by atoms with Crippen molar-refractivity contribution >= 4 is 16.8 Å². The Kier molecular flexibility index (Phi) is 2.80. The van der Waals surface area contributed by atoms with Crippen LogP contribution in [0.2, 0.25) is 0 Å². The predicted octanol–water partition coefficient (Wildman–Crippen LogP) is 1.57. The summed E-state index contributed by atoms with van der Waals surface area (Å²) in [6.07, 6.45) is 1.00. The Labute approximate surface area is 106 Å². The van der Waals surface area contributed by atoms with Crippen LogP contribution in [0.1, 0.15) is 22.5 Å². The van der Waals surface area contributed by atoms with E-state index in [1.165, 1.54) is 0 Å². The molecule has 1 unspecified atom stereocenters. The van der Waals surface area contributed by atoms with Crippen molar-refractivity contribution in [2.45, 2.75) is 19.4 Å². The number of nitrogens with one attached hydrogen (secondary N) is 3. The lowest BCUT2D eigenvalue weighted by Crippen LogP contribution is -2.36. The van der Waals surface area contributed by atoms with Gasteiger partial charge in [0.2, 0.25) is 0 Å². The molecule has 0 aliphatic carbocycles. The summed E-state index contributed by atoms with van der Waals surface area (Å²) in [4.78, 5) is 15.4. The van der Waals surface area contributed by atoms with Crippen molar-refractivity contribution in [3.8, 4) is 0 Å². The summed E-state index contributed by atoms with van der Waals surface area (Å²) in [7, 11) is 0. The fourth-order valence-corrected chi connectivity index (χ4v) is 2.54. The summed E-state index contributed by atoms with van der Waals surface area (Å²) in [5.41, 5.74) is 2.72. The molecule has 0 radical (unpaired) electrons. The average Bonchev–Trinajstić information content (AvgIpc) is 2.98. The van der Waals surface area contributed by atoms with E-state index in [2.05, 4.69) is 15.6 Å². The molecule has 4 nitrogen and oxygen atoms in total. The molecular weight excluding hydrogens is 226 g/mol. The minimum Gasteiger partial charge on any atom is -0.350 e. The molecule has 1 atom stereocenters. The van der Waals surface area contributed by atoms with Gasteiger partial charge >= 0.3 is 0 Å². The van der Waals surface area contributed by atoms with E-state index < -0.39 is 0 Å². The van der Waals surface area contributed by atoms with Crippen molar-refractivity contribution in [2.75, 3.05) is 13.1 Å². The van der Waals surface area contributed by atoms with Gasteiger partial charge in [0.1, 0.15) is 5.69 Å². The average molecular weight is 243 g/mol. The minimum atomic E-state index is -0.00241. The number of para-hydroxylation sites is 1. The molecule has 2 heterocycles. The monoisotopic (exact) mass is 243 g/mol. The maximum Gasteiger partial charge on any atom is 0.268 e. The van der Waals surface area contributed by atoms with Gasteiger partial charge in [-0.15, -0.1) is 0 Å². The molecule has 3 rings (SSSR count). The molecule has 1 aliphatic rings. The van der Waals surface area contributed by atoms with Gasteiger partial charge in [-0.1, -0.05) is 18.2 Å². The van der Waals surface area contributed by atoms with Crippen molar-refractivity contribution < 1.29 is 4.79 Å². The topological polar surface area (TPSA) is 56.9 Å². The molecule has 1 fully saturated rings. The van der Waals surface area contributed by atoms with E-state index in [1.807, 2.05) is 31.2 Å². The summed E-state index contributed by atoms with van der Waals surface area (Å²) < 4.78 is 0. The number of H-pyrrole nitrogens is 1. The van der Waals surface area contributed by atoms with Crippen molar-refractivity contribution in [1.82, 2.24) is 15.6 Å². The van der Waals surface area contributed by atoms with Gasteiger partial charge < -0.3 is 15.6 Å². The van der Waals surface area contributed by atoms with Crippen LogP contribution < -0.4 is 10.6 Å². The van der Waals surface area contributed by atoms with Gasteiger partial charge in [-0.25, -0.2) is 0 Å². The molecule has 1 aromatic carbocycles. The Morgan fingerprint density at radius 1 is 1.39 bits per heavy atom. The third kappa shape index (κ3) is 1.88. The van der Waals surface area contributed by atoms with Crippen LogP contribution in [-0.4, -0.2) is 30.0 Å². The third-order valence-electron chi connectivity index (χ3n) is 3.59. The zero-order chi connectivity index (χ0) is 12.5. The van der Waals surface area contributed by atoms with Crippen molar-refractivity contribution in [3.63, 3.8) is 0 Å². The molecule has 0 spiro atoms. The number of aryl methyl sites for hydroxylation is 1. The molecule has 1 aliphatic heterocycles. The number of fused-ring (bicyclic) bond motifs is 1. The zero-order valence-corrected chi connectivity index (χ0v) is 10.4. The highest BCUT2D eigenvalue weighted by Gasteiger charge is 2.20. The molecule has 4 heteroatoms. The lowest BCUT2D eigenvalue weighted by atomic mass is 10.1. The van der Waals surface area contributed by atoms with Gasteiger partial charge in [-0.3, -0.25) is 4.79 Å². The summed E-state index contributed by atoms with van der Waals surface area (Å²) in [6, 6.07) is 8.25. The first-order valence-electron chi connectivity index (χ1n) is 6.34. The van der Waals surface area contributed by atoms with Crippen LogP contribution in [-0.2, 0) is 0 Å². The smallest absolute Gasteiger partial charge is 0.268 e. The third-order valence-corrected chi connectivity index (χ3v) is 3.59. The summed E-state index contributed by atoms with van der Waals surface area (Å²) in [6.45, 7) is 3.84. The van der Waals surface area contributed by atoms with E-state index in [0.717, 1.165) is 36.0 Å². The zero-order valence-electron chi connectivity index (χ0n) is 10.4. The number of benzene rings is 1. The number of hydrogen-bond donors (Lipinski definition) is 3. The molecular formula is C14H17N3O. The quantitative estimate of drug-likeness (QED) is 0.750. The van der Waals surface area contributed by atoms with Gasteiger partial charge in [0, 0.05) is 23.5 Å². The van der Waals surface area contributed by atoms with Gasteiger partial charge in [0.15, 0.2) is 0 Å². The number of amides is 1. The first-order chi connectivity index (χ1) is 8.75. The fraction of sp³-hybridized carbons (Fsp3) is 0.357. The van der Waals surface area contributed by atoms with Crippen LogP contribution in [0.3, 0.4) is 0 Å². The van der Waals surface area contributed by atoms with Crippen molar-refractivity contribution in [1.29, 1.82) is 0 Å². The second-order valence-corrected chi connectivity index (χ2v) is 4.83. The standard InChI is InChI=1S/C14H17N3O/c1-9-11-4-2-3-5-12(11)17-13(9)14(18)16-10-6-7-15-8-10/h2-5,10,15,17H,6-8H2,1H3,(H,16,18). The Morgan fingerprint density at radius 2 is 2.22 bits per heavy atom. The summed E-state index contributed by atoms with van der Waals surface area (Å²) in [5, 5.41) is 7.43. The highest BCUT2D eigenvalue weighted by molar-refractivity contribution is 6.00. The number of carbonyl (C=O) groups excluding carboxylic acids is 1. The van der Waals surface area contributed by atoms with Crippen LogP contribution in [0.5, 0.6) is 0 Å². The van der Waals surface area contributed by atoms with E-state index in [0.29, 0.717) is 5.69 Å². The normalized spacial score (nSPS) is 19.3. The van der Waals surface area contributed by atoms with E-state index in [9.17, 15) is 4.79 Å². The van der Waals surface area contributed by atoms with E-state index in [4.69, 9.17) is 0 Å². The molecule has 1 aromatic heterocycles. The first kappa shape index (κ1) is 11.3. The summed E-state index contributed by atoms with van der Waals surface area (Å²) >= 11 is 0. The predicted molar refractivity (Wildman–Crippen MR) is 71.8 cm³/mol. The lowest BCUT2D eigenvalue weighted by molar-refractivity contribution is 0.0935. The molecule has 1 amide bonds. The molecule has 0 saturated carbocycles. The number of rotatable bonds is 2. The molecule has 0 bridgehead atoms. The van der Waals surface area contributed by atoms with Gasteiger partial charge in [-0.05, 0) is 31.5 Å². The van der Waals surface area contributed by atoms with Crippen LogP contribution in [0, 0.1) is 6.92 Å². The summed E-state index contributed by atoms with van der Waals surface area (Å²) in [5.74, 6) is -0.00241. The van der Waals surface area contributed by atoms with Gasteiger partial charge in [0.05, 0.1) is 0 Å². The van der Waals surface area contributed by atoms with Crippen LogP contribution in [0.4, 0.5) is 0 Å². The number of aromatic amines is 1. The van der Waals surface area contributed by atoms with E-state index in [-0.39, 0.29) is 11.9 Å². The molecule has 18 heavy (non-hydrogen) atoms. The first-order valence-corrected chi connectivity index (χ1v) is 6.34. The Morgan fingerprint density at radius 3 is 2.94 bits per heavy atom. The second-order valence-electron chi connectivity index (χ2n) is 4.83. The largest absolute Gasteiger partial charge is 0.350 e. The van der Waals surface area contributed by atoms with Crippen LogP contribution >= 0.6 is 0 Å². The number of hydrogen-bond acceptors (Lipinski definition) is 2. The SMILES string of the molecule is Cc1c(C(=O)NC2CCNC2)[nH]c2ccccc12. The Bertz CT molecular complexity index is 582. The van der Waals surface area contributed by atoms with Gasteiger partial charge in [0.25, 0.3) is 5.91 Å². The van der Waals surface area contributed by atoms with E-state index in [1.54, 1.807) is 0 Å². The molecule has 1 saturated heterocycles. The Hall–Kier alpha value is -1.81. The molecule has 2 aromatic rings. The number of carbonyl (C=O) groups is 1. The van der Waals surface area contributed by atoms with Gasteiger partial charge in [-0.2, -0.15) is 0 Å².